The van der Waals surface area contributed by atoms with Crippen LogP contribution in [0.5, 0.6) is 5.75 Å². The topological polar surface area (TPSA) is 111 Å². The molecule has 0 bridgehead atoms. The molecule has 1 rings (SSSR count). The quantitative estimate of drug-likeness (QED) is 0.560. The van der Waals surface area contributed by atoms with E-state index in [1.165, 1.54) is 19.2 Å². The summed E-state index contributed by atoms with van der Waals surface area (Å²) < 4.78 is 31.2. The minimum atomic E-state index is -3.80. The monoisotopic (exact) mass is 303 g/mol. The van der Waals surface area contributed by atoms with E-state index in [2.05, 4.69) is 10.0 Å². The van der Waals surface area contributed by atoms with Gasteiger partial charge in [-0.3, -0.25) is 10.1 Å². The molecule has 1 unspecified atom stereocenters. The van der Waals surface area contributed by atoms with Crippen molar-refractivity contribution >= 4 is 15.7 Å². The van der Waals surface area contributed by atoms with Crippen molar-refractivity contribution in [2.75, 3.05) is 20.7 Å². The van der Waals surface area contributed by atoms with Crippen LogP contribution in [0.25, 0.3) is 0 Å². The Balaban J connectivity index is 3.07. The Bertz CT molecular complexity index is 588. The van der Waals surface area contributed by atoms with Gasteiger partial charge in [-0.2, -0.15) is 0 Å². The molecule has 0 saturated heterocycles. The summed E-state index contributed by atoms with van der Waals surface area (Å²) in [5, 5.41) is 13.8. The lowest BCUT2D eigenvalue weighted by atomic mass is 10.3. The standard InChI is InChI=1S/C11H17N3O5S/c1-8(12-2)7-13-20(17,18)9-4-5-11(19-3)10(6-9)14(15)16/h4-6,8,12-13H,7H2,1-3H3. The van der Waals surface area contributed by atoms with E-state index in [1.807, 2.05) is 0 Å². The molecule has 0 spiro atoms. The Kier molecular flexibility index (Phi) is 5.43. The number of nitrogens with one attached hydrogen (secondary N) is 2. The summed E-state index contributed by atoms with van der Waals surface area (Å²) in [6.07, 6.45) is 0. The number of ether oxygens (including phenoxy) is 1. The molecule has 0 amide bonds. The van der Waals surface area contributed by atoms with Crippen LogP contribution in [-0.2, 0) is 10.0 Å². The highest BCUT2D eigenvalue weighted by atomic mass is 32.2. The lowest BCUT2D eigenvalue weighted by molar-refractivity contribution is -0.386. The third-order valence-electron chi connectivity index (χ3n) is 2.73. The highest BCUT2D eigenvalue weighted by molar-refractivity contribution is 7.89. The van der Waals surface area contributed by atoms with Crippen molar-refractivity contribution in [3.63, 3.8) is 0 Å². The molecular formula is C11H17N3O5S. The molecule has 1 aromatic carbocycles. The smallest absolute Gasteiger partial charge is 0.312 e. The molecule has 8 nitrogen and oxygen atoms in total. The predicted octanol–water partition coefficient (Wildman–Crippen LogP) is 0.490. The number of hydrogen-bond acceptors (Lipinski definition) is 6. The van der Waals surface area contributed by atoms with Gasteiger partial charge in [0.25, 0.3) is 0 Å². The number of benzene rings is 1. The largest absolute Gasteiger partial charge is 0.490 e. The van der Waals surface area contributed by atoms with Gasteiger partial charge >= 0.3 is 5.69 Å². The molecular weight excluding hydrogens is 286 g/mol. The summed E-state index contributed by atoms with van der Waals surface area (Å²) in [5.74, 6) is 0.0116. The van der Waals surface area contributed by atoms with Gasteiger partial charge in [-0.15, -0.1) is 0 Å². The van der Waals surface area contributed by atoms with Crippen LogP contribution in [0.3, 0.4) is 0 Å². The van der Waals surface area contributed by atoms with Crippen molar-refractivity contribution in [2.24, 2.45) is 0 Å². The number of likely N-dealkylation sites (N-methyl/N-ethyl adjacent to an activating group) is 1. The van der Waals surface area contributed by atoms with E-state index in [0.29, 0.717) is 0 Å². The maximum Gasteiger partial charge on any atom is 0.312 e. The number of hydrogen-bond donors (Lipinski definition) is 2. The van der Waals surface area contributed by atoms with Gasteiger partial charge in [-0.05, 0) is 26.1 Å². The van der Waals surface area contributed by atoms with Crippen LogP contribution >= 0.6 is 0 Å². The molecule has 0 heterocycles. The van der Waals surface area contributed by atoms with Crippen molar-refractivity contribution in [3.8, 4) is 5.75 Å². The van der Waals surface area contributed by atoms with Crippen LogP contribution < -0.4 is 14.8 Å². The number of rotatable bonds is 7. The zero-order chi connectivity index (χ0) is 15.3. The number of nitro groups is 1. The van der Waals surface area contributed by atoms with Crippen molar-refractivity contribution in [1.29, 1.82) is 0 Å². The van der Waals surface area contributed by atoms with Crippen molar-refractivity contribution in [2.45, 2.75) is 17.9 Å². The van der Waals surface area contributed by atoms with Gasteiger partial charge in [0.2, 0.25) is 10.0 Å². The van der Waals surface area contributed by atoms with E-state index >= 15 is 0 Å². The Hall–Kier alpha value is -1.71. The summed E-state index contributed by atoms with van der Waals surface area (Å²) in [6, 6.07) is 3.44. The van der Waals surface area contributed by atoms with Crippen LogP contribution in [-0.4, -0.2) is 40.1 Å². The summed E-state index contributed by atoms with van der Waals surface area (Å²) in [6.45, 7) is 1.98. The summed E-state index contributed by atoms with van der Waals surface area (Å²) >= 11 is 0. The molecule has 1 aromatic rings. The van der Waals surface area contributed by atoms with Crippen LogP contribution in [0.2, 0.25) is 0 Å². The second-order valence-corrected chi connectivity index (χ2v) is 5.90. The molecule has 2 N–H and O–H groups in total. The minimum Gasteiger partial charge on any atom is -0.490 e. The van der Waals surface area contributed by atoms with E-state index in [0.717, 1.165) is 6.07 Å². The van der Waals surface area contributed by atoms with Gasteiger partial charge in [0.1, 0.15) is 0 Å². The average molecular weight is 303 g/mol. The van der Waals surface area contributed by atoms with Gasteiger partial charge in [0.15, 0.2) is 5.75 Å². The van der Waals surface area contributed by atoms with Gasteiger partial charge in [0.05, 0.1) is 16.9 Å². The zero-order valence-corrected chi connectivity index (χ0v) is 12.2. The van der Waals surface area contributed by atoms with E-state index in [1.54, 1.807) is 14.0 Å². The second-order valence-electron chi connectivity index (χ2n) is 4.13. The molecule has 0 aliphatic rings. The predicted molar refractivity (Wildman–Crippen MR) is 73.4 cm³/mol. The van der Waals surface area contributed by atoms with Gasteiger partial charge in [0, 0.05) is 18.7 Å². The van der Waals surface area contributed by atoms with Crippen molar-refractivity contribution in [1.82, 2.24) is 10.0 Å². The van der Waals surface area contributed by atoms with Crippen LogP contribution in [0.4, 0.5) is 5.69 Å². The van der Waals surface area contributed by atoms with E-state index in [4.69, 9.17) is 4.74 Å². The highest BCUT2D eigenvalue weighted by Crippen LogP contribution is 2.29. The molecule has 0 aliphatic heterocycles. The first-order valence-corrected chi connectivity index (χ1v) is 7.29. The molecule has 0 fully saturated rings. The van der Waals surface area contributed by atoms with Crippen LogP contribution in [0, 0.1) is 10.1 Å². The first kappa shape index (κ1) is 16.3. The minimum absolute atomic E-state index is 0.0116. The molecule has 0 saturated carbocycles. The van der Waals surface area contributed by atoms with E-state index < -0.39 is 20.6 Å². The molecule has 1 atom stereocenters. The Morgan fingerprint density at radius 2 is 2.10 bits per heavy atom. The lowest BCUT2D eigenvalue weighted by Gasteiger charge is -2.12. The Morgan fingerprint density at radius 3 is 2.60 bits per heavy atom. The van der Waals surface area contributed by atoms with Crippen LogP contribution in [0.1, 0.15) is 6.92 Å². The van der Waals surface area contributed by atoms with Gasteiger partial charge in [-0.25, -0.2) is 13.1 Å². The first-order valence-electron chi connectivity index (χ1n) is 5.81. The molecule has 0 radical (unpaired) electrons. The molecule has 0 aromatic heterocycles. The fourth-order valence-electron chi connectivity index (χ4n) is 1.40. The third-order valence-corrected chi connectivity index (χ3v) is 4.15. The Labute approximate surface area is 117 Å². The van der Waals surface area contributed by atoms with Gasteiger partial charge < -0.3 is 10.1 Å². The van der Waals surface area contributed by atoms with E-state index in [9.17, 15) is 18.5 Å². The number of nitrogens with zero attached hydrogens (tertiary/aromatic N) is 1. The first-order chi connectivity index (χ1) is 9.31. The van der Waals surface area contributed by atoms with Gasteiger partial charge in [-0.1, -0.05) is 0 Å². The Morgan fingerprint density at radius 1 is 1.45 bits per heavy atom. The van der Waals surface area contributed by atoms with Crippen molar-refractivity contribution in [3.05, 3.63) is 28.3 Å². The number of sulfonamides is 1. The fourth-order valence-corrected chi connectivity index (χ4v) is 2.55. The van der Waals surface area contributed by atoms with Crippen molar-refractivity contribution < 1.29 is 18.1 Å². The molecule has 112 valence electrons. The summed E-state index contributed by atoms with van der Waals surface area (Å²) in [7, 11) is -0.810. The molecule has 20 heavy (non-hydrogen) atoms. The average Bonchev–Trinajstić information content (AvgIpc) is 2.43. The zero-order valence-electron chi connectivity index (χ0n) is 11.4. The SMILES string of the molecule is CNC(C)CNS(=O)(=O)c1ccc(OC)c([N+](=O)[O-])c1. The molecule has 0 aliphatic carbocycles. The lowest BCUT2D eigenvalue weighted by Crippen LogP contribution is -2.37. The maximum atomic E-state index is 12.0. The second kappa shape index (κ2) is 6.64. The molecule has 9 heteroatoms. The highest BCUT2D eigenvalue weighted by Gasteiger charge is 2.22. The third kappa shape index (κ3) is 3.89. The normalized spacial score (nSPS) is 12.9. The fraction of sp³-hybridized carbons (Fsp3) is 0.455. The number of nitro benzene ring substituents is 1. The van der Waals surface area contributed by atoms with Crippen LogP contribution in [0.15, 0.2) is 23.1 Å². The maximum absolute atomic E-state index is 12.0. The number of methoxy groups -OCH3 is 1. The summed E-state index contributed by atoms with van der Waals surface area (Å²) in [5.41, 5.74) is -0.392. The summed E-state index contributed by atoms with van der Waals surface area (Å²) in [4.78, 5) is 10.0. The van der Waals surface area contributed by atoms with E-state index in [-0.39, 0.29) is 23.2 Å².